The summed E-state index contributed by atoms with van der Waals surface area (Å²) >= 11 is 1.69. The first-order chi connectivity index (χ1) is 11.5. The van der Waals surface area contributed by atoms with Gasteiger partial charge in [0.25, 0.3) is 0 Å². The van der Waals surface area contributed by atoms with E-state index in [0.717, 1.165) is 17.7 Å². The van der Waals surface area contributed by atoms with E-state index in [1.54, 1.807) is 46.9 Å². The zero-order valence-electron chi connectivity index (χ0n) is 12.5. The lowest BCUT2D eigenvalue weighted by Gasteiger charge is -2.09. The van der Waals surface area contributed by atoms with E-state index in [0.29, 0.717) is 18.4 Å². The summed E-state index contributed by atoms with van der Waals surface area (Å²) in [7, 11) is 0. The molecule has 6 heteroatoms. The van der Waals surface area contributed by atoms with Crippen molar-refractivity contribution >= 4 is 32.2 Å². The molecule has 0 radical (unpaired) electrons. The van der Waals surface area contributed by atoms with Crippen molar-refractivity contribution in [1.29, 1.82) is 0 Å². The zero-order valence-corrected chi connectivity index (χ0v) is 14.7. The van der Waals surface area contributed by atoms with E-state index in [1.807, 2.05) is 0 Å². The Morgan fingerprint density at radius 3 is 2.17 bits per heavy atom. The number of halogens is 3. The number of ketones is 1. The van der Waals surface area contributed by atoms with Gasteiger partial charge in [-0.2, -0.15) is 0 Å². The second-order valence-electron chi connectivity index (χ2n) is 5.66. The molecule has 0 amide bonds. The van der Waals surface area contributed by atoms with Gasteiger partial charge in [-0.1, -0.05) is 24.3 Å². The van der Waals surface area contributed by atoms with Crippen LogP contribution in [0.2, 0.25) is 0 Å². The maximum atomic E-state index is 14.0. The highest BCUT2D eigenvalue weighted by molar-refractivity contribution is 14.1. The van der Waals surface area contributed by atoms with Crippen LogP contribution in [0, 0.1) is 17.6 Å². The molecule has 124 valence electrons. The van der Waals surface area contributed by atoms with E-state index in [2.05, 4.69) is 0 Å². The first-order valence-electron chi connectivity index (χ1n) is 7.40. The number of ether oxygens (including phenoxy) is 1. The predicted molar refractivity (Wildman–Crippen MR) is 92.5 cm³/mol. The Kier molecular flexibility index (Phi) is 4.93. The minimum Gasteiger partial charge on any atom is -0.489 e. The van der Waals surface area contributed by atoms with Gasteiger partial charge in [-0.3, -0.25) is 9.59 Å². The first-order valence-corrected chi connectivity index (χ1v) is 8.48. The highest BCUT2D eigenvalue weighted by Crippen LogP contribution is 2.35. The van der Waals surface area contributed by atoms with Gasteiger partial charge in [0, 0.05) is 46.2 Å². The Morgan fingerprint density at radius 1 is 1.08 bits per heavy atom. The molecule has 24 heavy (non-hydrogen) atoms. The quantitative estimate of drug-likeness (QED) is 0.370. The minimum absolute atomic E-state index is 0.0198. The number of rotatable bonds is 6. The average Bonchev–Trinajstić information content (AvgIpc) is 3.37. The van der Waals surface area contributed by atoms with E-state index in [1.165, 1.54) is 0 Å². The molecule has 0 aromatic heterocycles. The lowest BCUT2D eigenvalue weighted by atomic mass is 10.1. The maximum absolute atomic E-state index is 14.0. The first kappa shape index (κ1) is 17.0. The summed E-state index contributed by atoms with van der Waals surface area (Å²) in [5.74, 6) is -2.50. The second kappa shape index (κ2) is 6.96. The molecule has 0 saturated heterocycles. The van der Waals surface area contributed by atoms with Crippen molar-refractivity contribution in [2.45, 2.75) is 19.4 Å². The van der Waals surface area contributed by atoms with Crippen LogP contribution in [0.5, 0.6) is 5.75 Å². The van der Waals surface area contributed by atoms with E-state index >= 15 is 0 Å². The Hall–Kier alpha value is -1.83. The van der Waals surface area contributed by atoms with Gasteiger partial charge in [-0.05, 0) is 18.4 Å². The normalized spacial score (nSPS) is 13.6. The molecule has 1 saturated carbocycles. The largest absolute Gasteiger partial charge is 0.489 e. The highest BCUT2D eigenvalue weighted by Gasteiger charge is 2.34. The number of benzene rings is 2. The van der Waals surface area contributed by atoms with Gasteiger partial charge in [-0.25, -0.2) is 8.78 Å². The van der Waals surface area contributed by atoms with Crippen molar-refractivity contribution in [2.24, 2.45) is 5.92 Å². The van der Waals surface area contributed by atoms with Gasteiger partial charge < -0.3 is 4.74 Å². The van der Waals surface area contributed by atoms with E-state index in [4.69, 9.17) is 4.74 Å². The van der Waals surface area contributed by atoms with E-state index < -0.39 is 23.0 Å². The molecule has 3 rings (SSSR count). The molecular formula is C18H13F2IO3. The predicted octanol–water partition coefficient (Wildman–Crippen LogP) is 4.71. The standard InChI is InChI=1S/C18H13F2IO3/c19-14-7-13(8-15(20)16(14)17(22)11-5-6-11)24-9-10-1-3-12(4-2-10)18(21)23/h1-4,7-8,11H,5-6,9H2. The number of hydrogen-bond donors (Lipinski definition) is 0. The summed E-state index contributed by atoms with van der Waals surface area (Å²) in [5.41, 5.74) is 0.851. The van der Waals surface area contributed by atoms with Crippen molar-refractivity contribution < 1.29 is 23.1 Å². The van der Waals surface area contributed by atoms with Crippen LogP contribution >= 0.6 is 22.6 Å². The summed E-state index contributed by atoms with van der Waals surface area (Å²) in [4.78, 5) is 23.1. The molecule has 0 unspecified atom stereocenters. The second-order valence-corrected chi connectivity index (χ2v) is 6.64. The zero-order chi connectivity index (χ0) is 17.3. The summed E-state index contributed by atoms with van der Waals surface area (Å²) in [5, 5.41) is 0. The van der Waals surface area contributed by atoms with Crippen LogP contribution in [0.3, 0.4) is 0 Å². The van der Waals surface area contributed by atoms with Gasteiger partial charge >= 0.3 is 0 Å². The Bertz CT molecular complexity index is 775. The molecule has 3 nitrogen and oxygen atoms in total. The lowest BCUT2D eigenvalue weighted by molar-refractivity contribution is 0.0958. The Balaban J connectivity index is 1.71. The van der Waals surface area contributed by atoms with Crippen LogP contribution in [0.25, 0.3) is 0 Å². The molecule has 0 bridgehead atoms. The van der Waals surface area contributed by atoms with Crippen molar-refractivity contribution in [3.63, 3.8) is 0 Å². The third-order valence-electron chi connectivity index (χ3n) is 3.80. The fourth-order valence-electron chi connectivity index (χ4n) is 2.32. The highest BCUT2D eigenvalue weighted by atomic mass is 127. The number of Topliss-reactive ketones (excluding diaryl/α,β-unsaturated/α-hetero) is 1. The fourth-order valence-corrected chi connectivity index (χ4v) is 2.68. The lowest BCUT2D eigenvalue weighted by Crippen LogP contribution is -2.08. The van der Waals surface area contributed by atoms with Crippen LogP contribution in [-0.2, 0) is 6.61 Å². The molecular weight excluding hydrogens is 429 g/mol. The number of carbonyl (C=O) groups excluding carboxylic acids is 2. The third-order valence-corrected chi connectivity index (χ3v) is 4.42. The molecule has 0 heterocycles. The monoisotopic (exact) mass is 442 g/mol. The van der Waals surface area contributed by atoms with Crippen LogP contribution < -0.4 is 4.74 Å². The SMILES string of the molecule is O=C(I)c1ccc(COc2cc(F)c(C(=O)C3CC3)c(F)c2)cc1. The van der Waals surface area contributed by atoms with Crippen LogP contribution in [0.15, 0.2) is 36.4 Å². The molecule has 0 atom stereocenters. The van der Waals surface area contributed by atoms with Crippen LogP contribution in [0.1, 0.15) is 39.1 Å². The molecule has 2 aromatic carbocycles. The maximum Gasteiger partial charge on any atom is 0.222 e. The minimum atomic E-state index is -0.896. The van der Waals surface area contributed by atoms with Gasteiger partial charge in [0.15, 0.2) is 5.78 Å². The van der Waals surface area contributed by atoms with Crippen molar-refractivity contribution in [3.05, 3.63) is 64.7 Å². The third kappa shape index (κ3) is 3.80. The van der Waals surface area contributed by atoms with Gasteiger partial charge in [-0.15, -0.1) is 0 Å². The molecule has 0 N–H and O–H groups in total. The molecule has 0 aliphatic heterocycles. The van der Waals surface area contributed by atoms with Crippen molar-refractivity contribution in [2.75, 3.05) is 0 Å². The molecule has 2 aromatic rings. The molecule has 1 aliphatic carbocycles. The van der Waals surface area contributed by atoms with Crippen molar-refractivity contribution in [3.8, 4) is 5.75 Å². The van der Waals surface area contributed by atoms with Gasteiger partial charge in [0.05, 0.1) is 5.56 Å². The summed E-state index contributed by atoms with van der Waals surface area (Å²) in [6, 6.07) is 8.80. The topological polar surface area (TPSA) is 43.4 Å². The number of carbonyl (C=O) groups is 2. The Labute approximate surface area is 151 Å². The average molecular weight is 442 g/mol. The van der Waals surface area contributed by atoms with Crippen molar-refractivity contribution in [1.82, 2.24) is 0 Å². The van der Waals surface area contributed by atoms with Crippen LogP contribution in [-0.4, -0.2) is 9.57 Å². The summed E-state index contributed by atoms with van der Waals surface area (Å²) < 4.78 is 33.4. The molecule has 0 spiro atoms. The van der Waals surface area contributed by atoms with Crippen LogP contribution in [0.4, 0.5) is 8.78 Å². The van der Waals surface area contributed by atoms with E-state index in [-0.39, 0.29) is 22.1 Å². The Morgan fingerprint density at radius 2 is 1.67 bits per heavy atom. The van der Waals surface area contributed by atoms with Gasteiger partial charge in [0.2, 0.25) is 3.79 Å². The molecule has 1 fully saturated rings. The van der Waals surface area contributed by atoms with E-state index in [9.17, 15) is 18.4 Å². The number of hydrogen-bond acceptors (Lipinski definition) is 3. The molecule has 1 aliphatic rings. The summed E-state index contributed by atoms with van der Waals surface area (Å²) in [6.07, 6.45) is 1.37. The smallest absolute Gasteiger partial charge is 0.222 e. The fraction of sp³-hybridized carbons (Fsp3) is 0.222. The van der Waals surface area contributed by atoms with Gasteiger partial charge in [0.1, 0.15) is 24.0 Å². The summed E-state index contributed by atoms with van der Waals surface area (Å²) in [6.45, 7) is 0.102.